The van der Waals surface area contributed by atoms with Crippen molar-refractivity contribution in [2.75, 3.05) is 47.5 Å². The molecule has 0 saturated heterocycles. The molecule has 0 aromatic carbocycles. The second kappa shape index (κ2) is 62.0. The summed E-state index contributed by atoms with van der Waals surface area (Å²) in [6, 6.07) is 0. The van der Waals surface area contributed by atoms with Crippen LogP contribution in [0.4, 0.5) is 0 Å². The Morgan fingerprint density at radius 3 is 1.06 bits per heavy atom. The van der Waals surface area contributed by atoms with Gasteiger partial charge < -0.3 is 28.5 Å². The van der Waals surface area contributed by atoms with Gasteiger partial charge in [-0.05, 0) is 57.8 Å². The van der Waals surface area contributed by atoms with Gasteiger partial charge in [0.25, 0.3) is 6.29 Å². The first-order valence-electron chi connectivity index (χ1n) is 34.0. The fraction of sp³-hybridized carbons (Fsp3) is 0.817. The average Bonchev–Trinajstić information content (AvgIpc) is 3.43. The predicted octanol–water partition coefficient (Wildman–Crippen LogP) is 20.7. The highest BCUT2D eigenvalue weighted by Gasteiger charge is 2.25. The van der Waals surface area contributed by atoms with Crippen molar-refractivity contribution < 1.29 is 42.9 Å². The zero-order valence-corrected chi connectivity index (χ0v) is 53.2. The summed E-state index contributed by atoms with van der Waals surface area (Å²) in [5, 5.41) is 9.71. The summed E-state index contributed by atoms with van der Waals surface area (Å²) in [5.74, 6) is -1.98. The van der Waals surface area contributed by atoms with Gasteiger partial charge in [-0.25, -0.2) is 4.79 Å². The number of quaternary nitrogens is 1. The molecule has 0 heterocycles. The molecule has 0 bridgehead atoms. The van der Waals surface area contributed by atoms with Crippen molar-refractivity contribution in [1.29, 1.82) is 0 Å². The smallest absolute Gasteiger partial charge is 0.361 e. The molecule has 0 fully saturated rings. The Hall–Kier alpha value is -3.01. The fourth-order valence-electron chi connectivity index (χ4n) is 9.87. The number of nitrogens with zero attached hydrogens (tertiary/aromatic N) is 1. The summed E-state index contributed by atoms with van der Waals surface area (Å²) < 4.78 is 22.9. The molecule has 9 nitrogen and oxygen atoms in total. The molecule has 0 spiro atoms. The number of carboxylic acids is 1. The highest BCUT2D eigenvalue weighted by molar-refractivity contribution is 5.71. The lowest BCUT2D eigenvalue weighted by Gasteiger charge is -2.25. The van der Waals surface area contributed by atoms with Crippen molar-refractivity contribution in [1.82, 2.24) is 0 Å². The molecule has 1 N–H and O–H groups in total. The maximum absolute atomic E-state index is 12.9. The molecule has 0 aliphatic rings. The zero-order chi connectivity index (χ0) is 58.3. The van der Waals surface area contributed by atoms with E-state index in [4.69, 9.17) is 18.9 Å². The van der Waals surface area contributed by atoms with Crippen LogP contribution in [0.25, 0.3) is 0 Å². The van der Waals surface area contributed by atoms with E-state index in [-0.39, 0.29) is 38.2 Å². The normalized spacial score (nSPS) is 13.1. The number of hydrogen-bond acceptors (Lipinski definition) is 7. The molecule has 9 heteroatoms. The summed E-state index contributed by atoms with van der Waals surface area (Å²) >= 11 is 0. The van der Waals surface area contributed by atoms with Crippen molar-refractivity contribution in [3.63, 3.8) is 0 Å². The fourth-order valence-corrected chi connectivity index (χ4v) is 9.87. The lowest BCUT2D eigenvalue weighted by Crippen LogP contribution is -2.40. The second-order valence-corrected chi connectivity index (χ2v) is 24.1. The number of carbonyl (C=O) groups is 3. The van der Waals surface area contributed by atoms with Crippen molar-refractivity contribution in [3.8, 4) is 0 Å². The van der Waals surface area contributed by atoms with Crippen LogP contribution >= 0.6 is 0 Å². The quantitative estimate of drug-likeness (QED) is 0.0211. The van der Waals surface area contributed by atoms with E-state index in [1.165, 1.54) is 218 Å². The number of ether oxygens (including phenoxy) is 4. The molecule has 80 heavy (non-hydrogen) atoms. The molecule has 0 aromatic rings. The molecule has 0 aromatic heterocycles. The number of rotatable bonds is 63. The van der Waals surface area contributed by atoms with Gasteiger partial charge in [-0.15, -0.1) is 0 Å². The summed E-state index contributed by atoms with van der Waals surface area (Å²) in [6.45, 7) is 4.80. The minimum Gasteiger partial charge on any atom is -0.477 e. The molecule has 0 aliphatic heterocycles. The van der Waals surface area contributed by atoms with Crippen LogP contribution < -0.4 is 0 Å². The molecule has 2 atom stereocenters. The first-order valence-corrected chi connectivity index (χ1v) is 34.0. The number of likely N-dealkylation sites (N-methyl/N-ethyl adjacent to an activating group) is 1. The van der Waals surface area contributed by atoms with E-state index in [1.807, 2.05) is 21.1 Å². The van der Waals surface area contributed by atoms with Crippen molar-refractivity contribution in [2.45, 2.75) is 328 Å². The van der Waals surface area contributed by atoms with Crippen LogP contribution in [0.1, 0.15) is 316 Å². The van der Waals surface area contributed by atoms with Crippen molar-refractivity contribution >= 4 is 17.9 Å². The molecule has 0 amide bonds. The van der Waals surface area contributed by atoms with E-state index in [0.717, 1.165) is 70.6 Å². The van der Waals surface area contributed by atoms with Gasteiger partial charge in [0, 0.05) is 12.8 Å². The Balaban J connectivity index is 3.91. The standard InChI is InChI=1S/C71H129NO8/c1-6-8-10-12-14-16-18-20-22-23-24-25-26-27-28-29-30-31-32-33-34-35-36-37-38-39-40-41-42-43-44-45-46-47-48-50-52-54-56-58-60-62-69(74)80-67(66-79-71(70(75)76)77-64-63-72(3,4)5)65-78-68(73)61-59-57-55-53-51-49-21-19-17-15-13-11-9-7-2/h8,10,14,16,20,22,24-25,27-28,67,71H,6-7,9,11-13,15,17-19,21,23,26,29-66H2,1-5H3/p+1/b10-8-,16-14-,22-20-,25-24-,28-27-. The summed E-state index contributed by atoms with van der Waals surface area (Å²) in [5.41, 5.74) is 0. The third-order valence-corrected chi connectivity index (χ3v) is 15.0. The molecule has 2 unspecified atom stereocenters. The van der Waals surface area contributed by atoms with E-state index in [9.17, 15) is 19.5 Å². The molecule has 0 aliphatic carbocycles. The Labute approximate surface area is 495 Å². The topological polar surface area (TPSA) is 108 Å². The lowest BCUT2D eigenvalue weighted by molar-refractivity contribution is -0.870. The highest BCUT2D eigenvalue weighted by Crippen LogP contribution is 2.18. The van der Waals surface area contributed by atoms with Crippen LogP contribution in [0.15, 0.2) is 60.8 Å². The van der Waals surface area contributed by atoms with E-state index in [1.54, 1.807) is 0 Å². The first-order chi connectivity index (χ1) is 39.1. The van der Waals surface area contributed by atoms with Crippen LogP contribution in [-0.2, 0) is 33.3 Å². The summed E-state index contributed by atoms with van der Waals surface area (Å²) in [4.78, 5) is 37.4. The van der Waals surface area contributed by atoms with Crippen LogP contribution in [0.2, 0.25) is 0 Å². The second-order valence-electron chi connectivity index (χ2n) is 24.1. The van der Waals surface area contributed by atoms with E-state index < -0.39 is 18.4 Å². The van der Waals surface area contributed by atoms with Crippen molar-refractivity contribution in [2.24, 2.45) is 0 Å². The van der Waals surface area contributed by atoms with Crippen LogP contribution in [0.3, 0.4) is 0 Å². The zero-order valence-electron chi connectivity index (χ0n) is 53.2. The molecular weight excluding hydrogens is 995 g/mol. The van der Waals surface area contributed by atoms with E-state index in [0.29, 0.717) is 17.4 Å². The highest BCUT2D eigenvalue weighted by atomic mass is 16.7. The maximum atomic E-state index is 12.9. The number of carboxylic acid groups (broad SMARTS) is 1. The van der Waals surface area contributed by atoms with Gasteiger partial charge in [-0.2, -0.15) is 0 Å². The monoisotopic (exact) mass is 1120 g/mol. The lowest BCUT2D eigenvalue weighted by atomic mass is 10.0. The van der Waals surface area contributed by atoms with Gasteiger partial charge in [0.05, 0.1) is 34.4 Å². The third kappa shape index (κ3) is 62.6. The Morgan fingerprint density at radius 2 is 0.713 bits per heavy atom. The third-order valence-electron chi connectivity index (χ3n) is 15.0. The number of esters is 2. The van der Waals surface area contributed by atoms with Gasteiger partial charge in [0.1, 0.15) is 13.2 Å². The summed E-state index contributed by atoms with van der Waals surface area (Å²) in [7, 11) is 5.98. The SMILES string of the molecule is CC/C=C\C/C=C\C/C=C\C/C=C\C/C=C\CCCCCCCCCCCCCCCCCCCCCCCCCCCC(=O)OC(COC(=O)CCCCCCCCCCCCCCCC)COC(OCC[N+](C)(C)C)C(=O)O. The van der Waals surface area contributed by atoms with Gasteiger partial charge in [-0.1, -0.05) is 306 Å². The number of allylic oxidation sites excluding steroid dienone is 10. The first kappa shape index (κ1) is 77.0. The molecule has 0 rings (SSSR count). The Morgan fingerprint density at radius 1 is 0.388 bits per heavy atom. The van der Waals surface area contributed by atoms with Gasteiger partial charge in [0.15, 0.2) is 6.10 Å². The van der Waals surface area contributed by atoms with Gasteiger partial charge >= 0.3 is 17.9 Å². The van der Waals surface area contributed by atoms with Crippen LogP contribution in [0.5, 0.6) is 0 Å². The molecule has 0 saturated carbocycles. The number of aliphatic carboxylic acids is 1. The molecular formula is C71H130NO8+. The van der Waals surface area contributed by atoms with E-state index >= 15 is 0 Å². The minimum absolute atomic E-state index is 0.176. The van der Waals surface area contributed by atoms with Crippen LogP contribution in [0, 0.1) is 0 Å². The van der Waals surface area contributed by atoms with Gasteiger partial charge in [0.2, 0.25) is 0 Å². The van der Waals surface area contributed by atoms with Gasteiger partial charge in [-0.3, -0.25) is 9.59 Å². The number of unbranched alkanes of at least 4 members (excludes halogenated alkanes) is 38. The van der Waals surface area contributed by atoms with Crippen LogP contribution in [-0.4, -0.2) is 87.4 Å². The largest absolute Gasteiger partial charge is 0.477 e. The summed E-state index contributed by atoms with van der Waals surface area (Å²) in [6.07, 6.45) is 77.8. The molecule has 466 valence electrons. The number of hydrogen-bond donors (Lipinski definition) is 1. The van der Waals surface area contributed by atoms with Crippen molar-refractivity contribution in [3.05, 3.63) is 60.8 Å². The Kier molecular flexibility index (Phi) is 59.7. The number of carbonyl (C=O) groups excluding carboxylic acids is 2. The average molecular weight is 1130 g/mol. The Bertz CT molecular complexity index is 1500. The predicted molar refractivity (Wildman–Crippen MR) is 341 cm³/mol. The van der Waals surface area contributed by atoms with E-state index in [2.05, 4.69) is 74.6 Å². The maximum Gasteiger partial charge on any atom is 0.361 e. The molecule has 0 radical (unpaired) electrons. The minimum atomic E-state index is -1.51.